The summed E-state index contributed by atoms with van der Waals surface area (Å²) in [6.07, 6.45) is 6.46. The van der Waals surface area contributed by atoms with Gasteiger partial charge in [0.25, 0.3) is 0 Å². The predicted octanol–water partition coefficient (Wildman–Crippen LogP) is 1.90. The lowest BCUT2D eigenvalue weighted by molar-refractivity contribution is -0.0642. The normalized spacial score (nSPS) is 15.4. The minimum absolute atomic E-state index is 0.104. The minimum Gasteiger partial charge on any atom is -0.368 e. The highest BCUT2D eigenvalue weighted by Crippen LogP contribution is 2.28. The van der Waals surface area contributed by atoms with Crippen LogP contribution in [0.5, 0.6) is 0 Å². The second kappa shape index (κ2) is 12.0. The van der Waals surface area contributed by atoms with E-state index in [-0.39, 0.29) is 15.5 Å². The maximum atomic E-state index is 12.9. The van der Waals surface area contributed by atoms with Gasteiger partial charge in [0.15, 0.2) is 0 Å². The number of anilines is 1. The largest absolute Gasteiger partial charge is 0.368 e. The molecule has 0 saturated carbocycles. The molecular formula is C26H32N6O5S2. The molecule has 4 rings (SSSR count). The summed E-state index contributed by atoms with van der Waals surface area (Å²) in [5.41, 5.74) is 2.21. The average Bonchev–Trinajstić information content (AvgIpc) is 2.92. The van der Waals surface area contributed by atoms with Gasteiger partial charge in [-0.1, -0.05) is 18.2 Å². The number of hydrogen-bond acceptors (Lipinski definition) is 11. The van der Waals surface area contributed by atoms with Crippen LogP contribution in [0.15, 0.2) is 105 Å². The molecule has 2 aromatic rings. The Balaban J connectivity index is 1.48. The van der Waals surface area contributed by atoms with E-state index in [2.05, 4.69) is 20.9 Å². The molecule has 2 heterocycles. The van der Waals surface area contributed by atoms with Crippen LogP contribution >= 0.6 is 0 Å². The standard InChI is InChI=1S/C26H32N6O5S2/c1-31(15-16-38(3,33)34)14-13-27-25-17-23-24(18-32(25)37-2)28-19-29-26(23)30-20-9-11-22(12-10-20)39(35,36)21-7-5-4-6-8-21/h4-12,17-19,27,30H,13-16H2,1-3H3,(H,28,29). The molecule has 0 aliphatic carbocycles. The molecule has 11 nitrogen and oxygen atoms in total. The number of nitrogens with one attached hydrogen (secondary N) is 3. The number of likely N-dealkylation sites (N-methyl/N-ethyl adjacent to an activating group) is 1. The van der Waals surface area contributed by atoms with Crippen LogP contribution in [0.1, 0.15) is 0 Å². The summed E-state index contributed by atoms with van der Waals surface area (Å²) in [7, 11) is -3.20. The van der Waals surface area contributed by atoms with Crippen molar-refractivity contribution in [3.8, 4) is 0 Å². The van der Waals surface area contributed by atoms with Gasteiger partial charge in [-0.05, 0) is 49.5 Å². The fourth-order valence-corrected chi connectivity index (χ4v) is 5.78. The van der Waals surface area contributed by atoms with E-state index in [9.17, 15) is 16.8 Å². The molecule has 0 saturated heterocycles. The first-order valence-corrected chi connectivity index (χ1v) is 15.7. The highest BCUT2D eigenvalue weighted by molar-refractivity contribution is 7.91. The summed E-state index contributed by atoms with van der Waals surface area (Å²) >= 11 is 0. The van der Waals surface area contributed by atoms with Crippen LogP contribution in [0, 0.1) is 0 Å². The van der Waals surface area contributed by atoms with Gasteiger partial charge in [0.1, 0.15) is 21.5 Å². The Morgan fingerprint density at radius 2 is 1.69 bits per heavy atom. The molecule has 2 aliphatic rings. The summed E-state index contributed by atoms with van der Waals surface area (Å²) in [6, 6.07) is 14.8. The Morgan fingerprint density at radius 3 is 2.36 bits per heavy atom. The molecule has 0 fully saturated rings. The van der Waals surface area contributed by atoms with Crippen LogP contribution < -0.4 is 16.0 Å². The van der Waals surface area contributed by atoms with Gasteiger partial charge in [-0.15, -0.1) is 0 Å². The first-order chi connectivity index (χ1) is 18.6. The number of hydrogen-bond donors (Lipinski definition) is 3. The topological polar surface area (TPSA) is 132 Å². The van der Waals surface area contributed by atoms with Crippen LogP contribution in [0.4, 0.5) is 5.69 Å². The van der Waals surface area contributed by atoms with Crippen molar-refractivity contribution in [2.45, 2.75) is 9.79 Å². The molecule has 0 radical (unpaired) electrons. The number of nitrogens with zero attached hydrogens (tertiary/aromatic N) is 3. The molecule has 0 bridgehead atoms. The molecule has 2 aliphatic heterocycles. The third kappa shape index (κ3) is 7.26. The first kappa shape index (κ1) is 28.4. The van der Waals surface area contributed by atoms with E-state index in [1.807, 2.05) is 18.0 Å². The third-order valence-corrected chi connectivity index (χ3v) is 8.75. The lowest BCUT2D eigenvalue weighted by Crippen LogP contribution is -2.37. The van der Waals surface area contributed by atoms with Crippen molar-refractivity contribution in [3.63, 3.8) is 0 Å². The van der Waals surface area contributed by atoms with Crippen molar-refractivity contribution in [2.24, 2.45) is 4.99 Å². The molecule has 208 valence electrons. The molecule has 3 N–H and O–H groups in total. The quantitative estimate of drug-likeness (QED) is 0.346. The van der Waals surface area contributed by atoms with E-state index in [4.69, 9.17) is 4.84 Å². The van der Waals surface area contributed by atoms with E-state index >= 15 is 0 Å². The Hall–Kier alpha value is -3.65. The predicted molar refractivity (Wildman–Crippen MR) is 151 cm³/mol. The van der Waals surface area contributed by atoms with Gasteiger partial charge in [-0.2, -0.15) is 0 Å². The van der Waals surface area contributed by atoms with Gasteiger partial charge in [-0.3, -0.25) is 4.84 Å². The Bertz CT molecular complexity index is 1520. The Labute approximate surface area is 229 Å². The van der Waals surface area contributed by atoms with Gasteiger partial charge in [0, 0.05) is 37.2 Å². The van der Waals surface area contributed by atoms with Gasteiger partial charge < -0.3 is 20.9 Å². The van der Waals surface area contributed by atoms with Crippen molar-refractivity contribution in [2.75, 3.05) is 51.1 Å². The average molecular weight is 573 g/mol. The van der Waals surface area contributed by atoms with E-state index in [1.165, 1.54) is 6.26 Å². The molecule has 2 aromatic carbocycles. The Kier molecular flexibility index (Phi) is 8.75. The van der Waals surface area contributed by atoms with Crippen LogP contribution in [-0.2, 0) is 24.5 Å². The number of fused-ring (bicyclic) bond motifs is 1. The second-order valence-corrected chi connectivity index (χ2v) is 13.3. The van der Waals surface area contributed by atoms with E-state index < -0.39 is 19.7 Å². The first-order valence-electron chi connectivity index (χ1n) is 12.1. The molecule has 0 spiro atoms. The van der Waals surface area contributed by atoms with Crippen LogP contribution in [0.25, 0.3) is 0 Å². The second-order valence-electron chi connectivity index (χ2n) is 9.07. The molecule has 13 heteroatoms. The van der Waals surface area contributed by atoms with Gasteiger partial charge in [0.2, 0.25) is 9.84 Å². The number of benzene rings is 2. The summed E-state index contributed by atoms with van der Waals surface area (Å²) in [6.45, 7) is 1.62. The molecule has 0 atom stereocenters. The number of aliphatic imine (C=N–C) groups is 1. The van der Waals surface area contributed by atoms with Crippen molar-refractivity contribution < 1.29 is 21.7 Å². The summed E-state index contributed by atoms with van der Waals surface area (Å²) in [5.74, 6) is 1.35. The van der Waals surface area contributed by atoms with Crippen molar-refractivity contribution >= 4 is 31.7 Å². The SMILES string of the molecule is CON1C=C2NC=NC(Nc3ccc(S(=O)(=O)c4ccccc4)cc3)=C2C=C1NCCN(C)CCS(C)(=O)=O. The zero-order valence-electron chi connectivity index (χ0n) is 22.0. The fourth-order valence-electron chi connectivity index (χ4n) is 3.86. The van der Waals surface area contributed by atoms with Crippen LogP contribution in [0.3, 0.4) is 0 Å². The smallest absolute Gasteiger partial charge is 0.206 e. The van der Waals surface area contributed by atoms with E-state index in [0.29, 0.717) is 37.0 Å². The maximum absolute atomic E-state index is 12.9. The third-order valence-electron chi connectivity index (χ3n) is 6.04. The number of allylic oxidation sites excluding steroid dienone is 1. The molecule has 0 unspecified atom stereocenters. The lowest BCUT2D eigenvalue weighted by Gasteiger charge is -2.30. The number of hydroxylamine groups is 2. The van der Waals surface area contributed by atoms with E-state index in [1.54, 1.807) is 79.3 Å². The summed E-state index contributed by atoms with van der Waals surface area (Å²) in [4.78, 5) is 12.3. The zero-order valence-corrected chi connectivity index (χ0v) is 23.6. The lowest BCUT2D eigenvalue weighted by atomic mass is 10.1. The molecule has 39 heavy (non-hydrogen) atoms. The Morgan fingerprint density at radius 1 is 1.00 bits per heavy atom. The minimum atomic E-state index is -3.61. The van der Waals surface area contributed by atoms with Gasteiger partial charge in [-0.25, -0.2) is 26.9 Å². The molecular weight excluding hydrogens is 540 g/mol. The molecule has 0 amide bonds. The van der Waals surface area contributed by atoms with Crippen LogP contribution in [-0.4, -0.2) is 78.9 Å². The summed E-state index contributed by atoms with van der Waals surface area (Å²) in [5, 5.41) is 11.3. The fraction of sp³-hybridized carbons (Fsp3) is 0.269. The van der Waals surface area contributed by atoms with E-state index in [0.717, 1.165) is 11.3 Å². The number of sulfone groups is 2. The summed E-state index contributed by atoms with van der Waals surface area (Å²) < 4.78 is 48.6. The van der Waals surface area contributed by atoms with Gasteiger partial charge >= 0.3 is 0 Å². The van der Waals surface area contributed by atoms with Crippen molar-refractivity contribution in [1.82, 2.24) is 20.6 Å². The van der Waals surface area contributed by atoms with Crippen molar-refractivity contribution in [3.05, 3.63) is 89.8 Å². The molecule has 0 aromatic heterocycles. The maximum Gasteiger partial charge on any atom is 0.206 e. The number of rotatable bonds is 12. The highest BCUT2D eigenvalue weighted by Gasteiger charge is 2.23. The monoisotopic (exact) mass is 572 g/mol. The highest BCUT2D eigenvalue weighted by atomic mass is 32.2. The van der Waals surface area contributed by atoms with Crippen LogP contribution in [0.2, 0.25) is 0 Å². The zero-order chi connectivity index (χ0) is 28.0. The van der Waals surface area contributed by atoms with Gasteiger partial charge in [0.05, 0.1) is 40.9 Å². The van der Waals surface area contributed by atoms with Crippen molar-refractivity contribution in [1.29, 1.82) is 0 Å².